The van der Waals surface area contributed by atoms with Gasteiger partial charge < -0.3 is 15.4 Å². The fraction of sp³-hybridized carbons (Fsp3) is 0.263. The molecule has 0 aliphatic carbocycles. The van der Waals surface area contributed by atoms with Crippen LogP contribution in [0.5, 0.6) is 5.75 Å². The molecule has 0 saturated carbocycles. The first-order valence-electron chi connectivity index (χ1n) is 7.92. The lowest BCUT2D eigenvalue weighted by molar-refractivity contribution is -0.118. The van der Waals surface area contributed by atoms with Gasteiger partial charge in [0.05, 0.1) is 12.7 Å². The van der Waals surface area contributed by atoms with Crippen LogP contribution in [0.4, 0.5) is 10.1 Å². The molecule has 0 spiro atoms. The first-order valence-corrected chi connectivity index (χ1v) is 7.92. The molecule has 0 heterocycles. The molecule has 5 nitrogen and oxygen atoms in total. The molecule has 0 aliphatic heterocycles. The van der Waals surface area contributed by atoms with E-state index in [1.807, 2.05) is 13.8 Å². The zero-order valence-corrected chi connectivity index (χ0v) is 14.4. The van der Waals surface area contributed by atoms with Crippen LogP contribution in [0.25, 0.3) is 0 Å². The van der Waals surface area contributed by atoms with Gasteiger partial charge in [0.2, 0.25) is 5.91 Å². The third-order valence-corrected chi connectivity index (χ3v) is 3.61. The molecular formula is C19H21FN2O3. The van der Waals surface area contributed by atoms with Crippen LogP contribution in [0.2, 0.25) is 0 Å². The molecule has 0 aliphatic rings. The fourth-order valence-corrected chi connectivity index (χ4v) is 2.13. The smallest absolute Gasteiger partial charge is 0.255 e. The van der Waals surface area contributed by atoms with Gasteiger partial charge in [-0.05, 0) is 35.9 Å². The van der Waals surface area contributed by atoms with Gasteiger partial charge in [-0.1, -0.05) is 26.0 Å². The lowest BCUT2D eigenvalue weighted by atomic mass is 10.1. The van der Waals surface area contributed by atoms with Gasteiger partial charge in [-0.2, -0.15) is 0 Å². The van der Waals surface area contributed by atoms with Crippen molar-refractivity contribution in [2.24, 2.45) is 5.92 Å². The first-order chi connectivity index (χ1) is 11.9. The van der Waals surface area contributed by atoms with Gasteiger partial charge in [-0.25, -0.2) is 4.39 Å². The van der Waals surface area contributed by atoms with Crippen LogP contribution in [0.3, 0.4) is 0 Å². The van der Waals surface area contributed by atoms with Crippen LogP contribution < -0.4 is 15.4 Å². The summed E-state index contributed by atoms with van der Waals surface area (Å²) in [6, 6.07) is 10.9. The van der Waals surface area contributed by atoms with Gasteiger partial charge in [-0.3, -0.25) is 9.59 Å². The minimum Gasteiger partial charge on any atom is -0.496 e. The fourth-order valence-electron chi connectivity index (χ4n) is 2.13. The summed E-state index contributed by atoms with van der Waals surface area (Å²) < 4.78 is 18.4. The molecule has 132 valence electrons. The van der Waals surface area contributed by atoms with E-state index < -0.39 is 11.7 Å². The van der Waals surface area contributed by atoms with Crippen molar-refractivity contribution < 1.29 is 18.7 Å². The normalized spacial score (nSPS) is 10.4. The summed E-state index contributed by atoms with van der Waals surface area (Å²) in [4.78, 5) is 23.9. The summed E-state index contributed by atoms with van der Waals surface area (Å²) in [7, 11) is 1.42. The maximum atomic E-state index is 13.3. The molecular weight excluding hydrogens is 323 g/mol. The summed E-state index contributed by atoms with van der Waals surface area (Å²) >= 11 is 0. The Hall–Kier alpha value is -2.89. The number of hydrogen-bond donors (Lipinski definition) is 2. The Morgan fingerprint density at radius 3 is 2.40 bits per heavy atom. The molecule has 0 fully saturated rings. The van der Waals surface area contributed by atoms with Crippen LogP contribution in [0.15, 0.2) is 42.5 Å². The van der Waals surface area contributed by atoms with E-state index in [0.29, 0.717) is 11.4 Å². The first kappa shape index (κ1) is 18.4. The zero-order chi connectivity index (χ0) is 18.4. The highest BCUT2D eigenvalue weighted by molar-refractivity contribution is 5.97. The monoisotopic (exact) mass is 344 g/mol. The standard InChI is InChI=1S/C19H21FN2O3/c1-12(2)18(23)22-15-7-4-13(5-8-15)11-21-19(24)16-10-14(20)6-9-17(16)25-3/h4-10,12H,11H2,1-3H3,(H,21,24)(H,22,23). The van der Waals surface area contributed by atoms with Gasteiger partial charge >= 0.3 is 0 Å². The van der Waals surface area contributed by atoms with E-state index in [2.05, 4.69) is 10.6 Å². The third-order valence-electron chi connectivity index (χ3n) is 3.61. The molecule has 2 rings (SSSR count). The molecule has 0 unspecified atom stereocenters. The minimum atomic E-state index is -0.504. The van der Waals surface area contributed by atoms with E-state index in [9.17, 15) is 14.0 Å². The van der Waals surface area contributed by atoms with E-state index in [0.717, 1.165) is 11.6 Å². The van der Waals surface area contributed by atoms with Crippen molar-refractivity contribution in [1.29, 1.82) is 0 Å². The van der Waals surface area contributed by atoms with Gasteiger partial charge in [-0.15, -0.1) is 0 Å². The lowest BCUT2D eigenvalue weighted by Crippen LogP contribution is -2.23. The van der Waals surface area contributed by atoms with Crippen molar-refractivity contribution in [3.05, 3.63) is 59.4 Å². The summed E-state index contributed by atoms with van der Waals surface area (Å²) in [5, 5.41) is 5.52. The number of hydrogen-bond acceptors (Lipinski definition) is 3. The number of rotatable bonds is 6. The van der Waals surface area contributed by atoms with E-state index in [1.54, 1.807) is 24.3 Å². The van der Waals surface area contributed by atoms with Crippen molar-refractivity contribution in [1.82, 2.24) is 5.32 Å². The van der Waals surface area contributed by atoms with Crippen molar-refractivity contribution >= 4 is 17.5 Å². The number of carbonyl (C=O) groups is 2. The number of anilines is 1. The van der Waals surface area contributed by atoms with Crippen LogP contribution >= 0.6 is 0 Å². The highest BCUT2D eigenvalue weighted by Gasteiger charge is 2.13. The van der Waals surface area contributed by atoms with E-state index in [4.69, 9.17) is 4.74 Å². The second-order valence-corrected chi connectivity index (χ2v) is 5.87. The largest absolute Gasteiger partial charge is 0.496 e. The van der Waals surface area contributed by atoms with Gasteiger partial charge in [0.25, 0.3) is 5.91 Å². The highest BCUT2D eigenvalue weighted by Crippen LogP contribution is 2.19. The van der Waals surface area contributed by atoms with E-state index in [-0.39, 0.29) is 23.9 Å². The second kappa shape index (κ2) is 8.28. The number of benzene rings is 2. The summed E-state index contributed by atoms with van der Waals surface area (Å²) in [6.45, 7) is 3.91. The Morgan fingerprint density at radius 1 is 1.12 bits per heavy atom. The lowest BCUT2D eigenvalue weighted by Gasteiger charge is -2.11. The molecule has 0 radical (unpaired) electrons. The van der Waals surface area contributed by atoms with Crippen molar-refractivity contribution in [3.8, 4) is 5.75 Å². The van der Waals surface area contributed by atoms with Gasteiger partial charge in [0.1, 0.15) is 11.6 Å². The maximum Gasteiger partial charge on any atom is 0.255 e. The molecule has 0 saturated heterocycles. The summed E-state index contributed by atoms with van der Waals surface area (Å²) in [6.07, 6.45) is 0. The van der Waals surface area contributed by atoms with Crippen LogP contribution in [-0.4, -0.2) is 18.9 Å². The predicted molar refractivity (Wildman–Crippen MR) is 94.0 cm³/mol. The molecule has 6 heteroatoms. The van der Waals surface area contributed by atoms with E-state index >= 15 is 0 Å². The minimum absolute atomic E-state index is 0.0562. The number of halogens is 1. The Balaban J connectivity index is 1.98. The second-order valence-electron chi connectivity index (χ2n) is 5.87. The molecule has 2 N–H and O–H groups in total. The average molecular weight is 344 g/mol. The molecule has 2 aromatic rings. The average Bonchev–Trinajstić information content (AvgIpc) is 2.60. The summed E-state index contributed by atoms with van der Waals surface area (Å²) in [5.41, 5.74) is 1.69. The van der Waals surface area contributed by atoms with Crippen LogP contribution in [-0.2, 0) is 11.3 Å². The van der Waals surface area contributed by atoms with Gasteiger partial charge in [0, 0.05) is 18.2 Å². The SMILES string of the molecule is COc1ccc(F)cc1C(=O)NCc1ccc(NC(=O)C(C)C)cc1. The zero-order valence-electron chi connectivity index (χ0n) is 14.4. The number of ether oxygens (including phenoxy) is 1. The molecule has 0 atom stereocenters. The third kappa shape index (κ3) is 5.04. The quantitative estimate of drug-likeness (QED) is 0.844. The Kier molecular flexibility index (Phi) is 6.11. The Labute approximate surface area is 146 Å². The maximum absolute atomic E-state index is 13.3. The molecule has 2 aromatic carbocycles. The van der Waals surface area contributed by atoms with Crippen LogP contribution in [0, 0.1) is 11.7 Å². The number of carbonyl (C=O) groups excluding carboxylic acids is 2. The van der Waals surface area contributed by atoms with E-state index in [1.165, 1.54) is 19.2 Å². The highest BCUT2D eigenvalue weighted by atomic mass is 19.1. The Morgan fingerprint density at radius 2 is 1.80 bits per heavy atom. The molecule has 0 bridgehead atoms. The van der Waals surface area contributed by atoms with Crippen molar-refractivity contribution in [2.75, 3.05) is 12.4 Å². The van der Waals surface area contributed by atoms with Crippen LogP contribution in [0.1, 0.15) is 29.8 Å². The topological polar surface area (TPSA) is 67.4 Å². The molecule has 0 aromatic heterocycles. The number of nitrogens with one attached hydrogen (secondary N) is 2. The number of methoxy groups -OCH3 is 1. The van der Waals surface area contributed by atoms with Crippen molar-refractivity contribution in [3.63, 3.8) is 0 Å². The predicted octanol–water partition coefficient (Wildman–Crippen LogP) is 3.36. The number of amides is 2. The molecule has 2 amide bonds. The Bertz CT molecular complexity index is 758. The molecule has 25 heavy (non-hydrogen) atoms. The van der Waals surface area contributed by atoms with Crippen molar-refractivity contribution in [2.45, 2.75) is 20.4 Å². The summed E-state index contributed by atoms with van der Waals surface area (Å²) in [5.74, 6) is -0.769. The van der Waals surface area contributed by atoms with Gasteiger partial charge in [0.15, 0.2) is 0 Å².